The van der Waals surface area contributed by atoms with Crippen LogP contribution < -0.4 is 10.6 Å². The average Bonchev–Trinajstić information content (AvgIpc) is 2.46. The van der Waals surface area contributed by atoms with E-state index in [9.17, 15) is 4.39 Å². The van der Waals surface area contributed by atoms with Gasteiger partial charge in [-0.25, -0.2) is 4.39 Å². The minimum Gasteiger partial charge on any atom is -0.385 e. The van der Waals surface area contributed by atoms with Crippen molar-refractivity contribution in [3.8, 4) is 0 Å². The lowest BCUT2D eigenvalue weighted by Gasteiger charge is -2.21. The molecule has 2 nitrogen and oxygen atoms in total. The Bertz CT molecular complexity index is 628. The highest BCUT2D eigenvalue weighted by atomic mass is 35.5. The predicted molar refractivity (Wildman–Crippen MR) is 82.0 cm³/mol. The first-order valence-electron chi connectivity index (χ1n) is 6.77. The fourth-order valence-electron chi connectivity index (χ4n) is 2.55. The summed E-state index contributed by atoms with van der Waals surface area (Å²) in [6.07, 6.45) is 2.29. The quantitative estimate of drug-likeness (QED) is 0.873. The molecule has 0 saturated heterocycles. The van der Waals surface area contributed by atoms with Crippen molar-refractivity contribution in [3.63, 3.8) is 0 Å². The van der Waals surface area contributed by atoms with Crippen LogP contribution in [0.5, 0.6) is 0 Å². The molecule has 0 unspecified atom stereocenters. The van der Waals surface area contributed by atoms with E-state index in [-0.39, 0.29) is 5.82 Å². The first-order chi connectivity index (χ1) is 9.74. The number of hydrogen-bond donors (Lipinski definition) is 2. The van der Waals surface area contributed by atoms with Gasteiger partial charge < -0.3 is 10.6 Å². The van der Waals surface area contributed by atoms with Crippen molar-refractivity contribution in [2.75, 3.05) is 17.2 Å². The second-order valence-electron chi connectivity index (χ2n) is 4.96. The van der Waals surface area contributed by atoms with Gasteiger partial charge in [-0.15, -0.1) is 0 Å². The van der Waals surface area contributed by atoms with Gasteiger partial charge in [0.2, 0.25) is 0 Å². The smallest absolute Gasteiger partial charge is 0.124 e. The van der Waals surface area contributed by atoms with Crippen molar-refractivity contribution in [2.45, 2.75) is 19.4 Å². The number of rotatable bonds is 3. The molecule has 20 heavy (non-hydrogen) atoms. The summed E-state index contributed by atoms with van der Waals surface area (Å²) < 4.78 is 13.0. The van der Waals surface area contributed by atoms with Crippen LogP contribution in [0, 0.1) is 5.82 Å². The molecule has 0 aliphatic carbocycles. The van der Waals surface area contributed by atoms with E-state index in [1.807, 2.05) is 0 Å². The maximum atomic E-state index is 13.0. The zero-order valence-electron chi connectivity index (χ0n) is 11.0. The summed E-state index contributed by atoms with van der Waals surface area (Å²) >= 11 is 6.02. The molecular weight excluding hydrogens is 275 g/mol. The SMILES string of the molecule is Fc1ccc(NCc2cccc3c2NCCC3)c(Cl)c1. The van der Waals surface area contributed by atoms with Crippen LogP contribution in [-0.4, -0.2) is 6.54 Å². The van der Waals surface area contributed by atoms with E-state index >= 15 is 0 Å². The molecule has 2 aromatic carbocycles. The van der Waals surface area contributed by atoms with Gasteiger partial charge in [0.25, 0.3) is 0 Å². The topological polar surface area (TPSA) is 24.1 Å². The number of para-hydroxylation sites is 1. The molecule has 4 heteroatoms. The summed E-state index contributed by atoms with van der Waals surface area (Å²) in [5, 5.41) is 7.13. The van der Waals surface area contributed by atoms with Crippen molar-refractivity contribution < 1.29 is 4.39 Å². The summed E-state index contributed by atoms with van der Waals surface area (Å²) in [6.45, 7) is 1.68. The van der Waals surface area contributed by atoms with Crippen LogP contribution in [0.3, 0.4) is 0 Å². The summed E-state index contributed by atoms with van der Waals surface area (Å²) in [4.78, 5) is 0. The molecule has 0 bridgehead atoms. The molecule has 0 radical (unpaired) electrons. The fourth-order valence-corrected chi connectivity index (χ4v) is 2.79. The third-order valence-corrected chi connectivity index (χ3v) is 3.87. The van der Waals surface area contributed by atoms with E-state index < -0.39 is 0 Å². The molecular formula is C16H16ClFN2. The van der Waals surface area contributed by atoms with Crippen LogP contribution in [0.4, 0.5) is 15.8 Å². The average molecular weight is 291 g/mol. The van der Waals surface area contributed by atoms with Crippen LogP contribution in [0.1, 0.15) is 17.5 Å². The molecule has 1 heterocycles. The van der Waals surface area contributed by atoms with Gasteiger partial charge in [-0.1, -0.05) is 29.8 Å². The molecule has 1 aliphatic rings. The first kappa shape index (κ1) is 13.3. The van der Waals surface area contributed by atoms with Gasteiger partial charge in [0.1, 0.15) is 5.82 Å². The fraction of sp³-hybridized carbons (Fsp3) is 0.250. The Hall–Kier alpha value is -1.74. The van der Waals surface area contributed by atoms with Gasteiger partial charge >= 0.3 is 0 Å². The molecule has 0 aromatic heterocycles. The van der Waals surface area contributed by atoms with Gasteiger partial charge in [-0.3, -0.25) is 0 Å². The third kappa shape index (κ3) is 2.73. The molecule has 2 aromatic rings. The lowest BCUT2D eigenvalue weighted by molar-refractivity contribution is 0.628. The number of aryl methyl sites for hydroxylation is 1. The number of benzene rings is 2. The van der Waals surface area contributed by atoms with Crippen molar-refractivity contribution >= 4 is 23.0 Å². The van der Waals surface area contributed by atoms with Gasteiger partial charge in [-0.2, -0.15) is 0 Å². The van der Waals surface area contributed by atoms with E-state index in [1.54, 1.807) is 6.07 Å². The van der Waals surface area contributed by atoms with Crippen molar-refractivity contribution in [3.05, 3.63) is 58.4 Å². The molecule has 0 spiro atoms. The zero-order valence-corrected chi connectivity index (χ0v) is 11.8. The lowest BCUT2D eigenvalue weighted by Crippen LogP contribution is -2.15. The van der Waals surface area contributed by atoms with Crippen LogP contribution in [0.2, 0.25) is 5.02 Å². The summed E-state index contributed by atoms with van der Waals surface area (Å²) in [5.41, 5.74) is 4.55. The maximum absolute atomic E-state index is 13.0. The molecule has 0 saturated carbocycles. The van der Waals surface area contributed by atoms with E-state index in [1.165, 1.54) is 35.4 Å². The monoisotopic (exact) mass is 290 g/mol. The number of nitrogens with one attached hydrogen (secondary N) is 2. The summed E-state index contributed by atoms with van der Waals surface area (Å²) in [6, 6.07) is 10.7. The van der Waals surface area contributed by atoms with E-state index in [4.69, 9.17) is 11.6 Å². The number of halogens is 2. The van der Waals surface area contributed by atoms with Crippen molar-refractivity contribution in [1.29, 1.82) is 0 Å². The standard InChI is InChI=1S/C16H16ClFN2/c17-14-9-13(18)6-7-15(14)20-10-12-4-1-3-11-5-2-8-19-16(11)12/h1,3-4,6-7,9,19-20H,2,5,8,10H2. The van der Waals surface area contributed by atoms with Gasteiger partial charge in [0.15, 0.2) is 0 Å². The Kier molecular flexibility index (Phi) is 3.79. The molecule has 0 amide bonds. The highest BCUT2D eigenvalue weighted by molar-refractivity contribution is 6.33. The Morgan fingerprint density at radius 1 is 1.25 bits per heavy atom. The molecule has 0 fully saturated rings. The highest BCUT2D eigenvalue weighted by Gasteiger charge is 2.12. The molecule has 0 atom stereocenters. The van der Waals surface area contributed by atoms with E-state index in [2.05, 4.69) is 28.8 Å². The Morgan fingerprint density at radius 2 is 2.15 bits per heavy atom. The van der Waals surface area contributed by atoms with Crippen LogP contribution in [-0.2, 0) is 13.0 Å². The predicted octanol–water partition coefficient (Wildman–Crippen LogP) is 4.45. The van der Waals surface area contributed by atoms with Crippen LogP contribution >= 0.6 is 11.6 Å². The Labute approximate surface area is 123 Å². The first-order valence-corrected chi connectivity index (χ1v) is 7.15. The Morgan fingerprint density at radius 3 is 3.00 bits per heavy atom. The normalized spacial score (nSPS) is 13.5. The van der Waals surface area contributed by atoms with E-state index in [0.717, 1.165) is 18.7 Å². The number of anilines is 2. The second-order valence-corrected chi connectivity index (χ2v) is 5.37. The highest BCUT2D eigenvalue weighted by Crippen LogP contribution is 2.28. The lowest BCUT2D eigenvalue weighted by atomic mass is 9.99. The third-order valence-electron chi connectivity index (χ3n) is 3.56. The second kappa shape index (κ2) is 5.71. The van der Waals surface area contributed by atoms with Crippen LogP contribution in [0.25, 0.3) is 0 Å². The summed E-state index contributed by atoms with van der Waals surface area (Å²) in [7, 11) is 0. The number of fused-ring (bicyclic) bond motifs is 1. The molecule has 3 rings (SSSR count). The minimum atomic E-state index is -0.320. The van der Waals surface area contributed by atoms with Crippen molar-refractivity contribution in [2.24, 2.45) is 0 Å². The number of hydrogen-bond acceptors (Lipinski definition) is 2. The molecule has 104 valence electrons. The molecule has 1 aliphatic heterocycles. The van der Waals surface area contributed by atoms with Gasteiger partial charge in [0, 0.05) is 18.8 Å². The zero-order chi connectivity index (χ0) is 13.9. The minimum absolute atomic E-state index is 0.320. The van der Waals surface area contributed by atoms with Crippen molar-refractivity contribution in [1.82, 2.24) is 0 Å². The largest absolute Gasteiger partial charge is 0.385 e. The molecule has 2 N–H and O–H groups in total. The van der Waals surface area contributed by atoms with Gasteiger partial charge in [0.05, 0.1) is 10.7 Å². The van der Waals surface area contributed by atoms with Crippen LogP contribution in [0.15, 0.2) is 36.4 Å². The maximum Gasteiger partial charge on any atom is 0.124 e. The van der Waals surface area contributed by atoms with Gasteiger partial charge in [-0.05, 0) is 42.2 Å². The van der Waals surface area contributed by atoms with E-state index in [0.29, 0.717) is 11.6 Å². The summed E-state index contributed by atoms with van der Waals surface area (Å²) in [5.74, 6) is -0.320. The Balaban J connectivity index is 1.78.